The van der Waals surface area contributed by atoms with Crippen LogP contribution in [0.3, 0.4) is 0 Å². The van der Waals surface area contributed by atoms with Crippen molar-refractivity contribution in [3.63, 3.8) is 0 Å². The highest BCUT2D eigenvalue weighted by molar-refractivity contribution is 6.02. The molecule has 1 aromatic carbocycles. The molecule has 0 fully saturated rings. The summed E-state index contributed by atoms with van der Waals surface area (Å²) in [5.41, 5.74) is 0.975. The summed E-state index contributed by atoms with van der Waals surface area (Å²) in [6.07, 6.45) is 3.13. The molecule has 0 saturated carbocycles. The van der Waals surface area contributed by atoms with Gasteiger partial charge in [0.1, 0.15) is 0 Å². The van der Waals surface area contributed by atoms with Crippen LogP contribution in [0.2, 0.25) is 0 Å². The number of benzene rings is 1. The Bertz CT molecular complexity index is 685. The van der Waals surface area contributed by atoms with Crippen LogP contribution < -0.4 is 9.47 Å². The smallest absolute Gasteiger partial charge is 0.231 e. The van der Waals surface area contributed by atoms with Crippen LogP contribution in [0.4, 0.5) is 0 Å². The van der Waals surface area contributed by atoms with Crippen LogP contribution in [0.15, 0.2) is 36.7 Å². The molecule has 0 amide bonds. The molecule has 6 nitrogen and oxygen atoms in total. The maximum atomic E-state index is 12.1. The Balaban J connectivity index is 1.63. The maximum absolute atomic E-state index is 12.1. The molecule has 0 radical (unpaired) electrons. The molecular formula is C15H12N2O4. The van der Waals surface area contributed by atoms with Crippen molar-refractivity contribution in [2.45, 2.75) is 12.8 Å². The van der Waals surface area contributed by atoms with Crippen LogP contribution in [0.5, 0.6) is 11.5 Å². The first-order chi connectivity index (χ1) is 10.2. The van der Waals surface area contributed by atoms with E-state index in [2.05, 4.69) is 10.2 Å². The van der Waals surface area contributed by atoms with E-state index in [0.29, 0.717) is 22.6 Å². The van der Waals surface area contributed by atoms with Gasteiger partial charge in [-0.3, -0.25) is 9.59 Å². The zero-order valence-electron chi connectivity index (χ0n) is 11.1. The molecule has 6 heteroatoms. The molecule has 0 bridgehead atoms. The predicted molar refractivity (Wildman–Crippen MR) is 72.5 cm³/mol. The highest BCUT2D eigenvalue weighted by atomic mass is 16.7. The molecule has 0 unspecified atom stereocenters. The summed E-state index contributed by atoms with van der Waals surface area (Å²) in [7, 11) is 0. The van der Waals surface area contributed by atoms with Crippen molar-refractivity contribution in [2.75, 3.05) is 6.79 Å². The van der Waals surface area contributed by atoms with Gasteiger partial charge in [0.25, 0.3) is 0 Å². The monoisotopic (exact) mass is 284 g/mol. The largest absolute Gasteiger partial charge is 0.454 e. The Hall–Kier alpha value is -2.76. The number of hydrogen-bond donors (Lipinski definition) is 0. The first kappa shape index (κ1) is 13.2. The van der Waals surface area contributed by atoms with Crippen LogP contribution in [0.1, 0.15) is 33.6 Å². The maximum Gasteiger partial charge on any atom is 0.231 e. The molecule has 106 valence electrons. The first-order valence-corrected chi connectivity index (χ1v) is 6.47. The number of hydrogen-bond acceptors (Lipinski definition) is 6. The summed E-state index contributed by atoms with van der Waals surface area (Å²) in [5.74, 6) is 0.957. The lowest BCUT2D eigenvalue weighted by Crippen LogP contribution is -2.05. The normalized spacial score (nSPS) is 12.2. The van der Waals surface area contributed by atoms with E-state index in [0.717, 1.165) is 0 Å². The van der Waals surface area contributed by atoms with Gasteiger partial charge in [0, 0.05) is 24.0 Å². The summed E-state index contributed by atoms with van der Waals surface area (Å²) in [4.78, 5) is 24.0. The number of fused-ring (bicyclic) bond motifs is 1. The quantitative estimate of drug-likeness (QED) is 0.782. The summed E-state index contributed by atoms with van der Waals surface area (Å²) in [6, 6.07) is 6.60. The van der Waals surface area contributed by atoms with Crippen molar-refractivity contribution < 1.29 is 19.1 Å². The highest BCUT2D eigenvalue weighted by Crippen LogP contribution is 2.32. The molecule has 0 spiro atoms. The van der Waals surface area contributed by atoms with E-state index in [9.17, 15) is 9.59 Å². The Morgan fingerprint density at radius 2 is 1.71 bits per heavy atom. The molecular weight excluding hydrogens is 272 g/mol. The van der Waals surface area contributed by atoms with Gasteiger partial charge >= 0.3 is 0 Å². The van der Waals surface area contributed by atoms with Gasteiger partial charge < -0.3 is 9.47 Å². The average Bonchev–Trinajstić information content (AvgIpc) is 3.00. The van der Waals surface area contributed by atoms with Crippen LogP contribution in [0, 0.1) is 0 Å². The van der Waals surface area contributed by atoms with Gasteiger partial charge in [0.05, 0.1) is 12.4 Å². The molecule has 1 aliphatic rings. The van der Waals surface area contributed by atoms with Crippen LogP contribution >= 0.6 is 0 Å². The van der Waals surface area contributed by atoms with Crippen LogP contribution in [0.25, 0.3) is 0 Å². The zero-order valence-corrected chi connectivity index (χ0v) is 11.1. The van der Waals surface area contributed by atoms with E-state index in [-0.39, 0.29) is 31.2 Å². The summed E-state index contributed by atoms with van der Waals surface area (Å²) in [6.45, 7) is 0.167. The molecule has 0 atom stereocenters. The van der Waals surface area contributed by atoms with Crippen LogP contribution in [-0.4, -0.2) is 28.6 Å². The number of nitrogens with zero attached hydrogens (tertiary/aromatic N) is 2. The lowest BCUT2D eigenvalue weighted by molar-refractivity contribution is 0.0917. The van der Waals surface area contributed by atoms with Gasteiger partial charge in [-0.15, -0.1) is 0 Å². The van der Waals surface area contributed by atoms with E-state index < -0.39 is 0 Å². The third-order valence-electron chi connectivity index (χ3n) is 3.18. The molecule has 2 heterocycles. The van der Waals surface area contributed by atoms with Crippen molar-refractivity contribution in [1.29, 1.82) is 0 Å². The molecule has 1 aliphatic heterocycles. The van der Waals surface area contributed by atoms with Gasteiger partial charge in [-0.1, -0.05) is 0 Å². The third-order valence-corrected chi connectivity index (χ3v) is 3.18. The van der Waals surface area contributed by atoms with Crippen LogP contribution in [-0.2, 0) is 0 Å². The Morgan fingerprint density at radius 1 is 0.952 bits per heavy atom. The van der Waals surface area contributed by atoms with E-state index in [4.69, 9.17) is 9.47 Å². The minimum absolute atomic E-state index is 0.108. The number of ether oxygens (including phenoxy) is 2. The average molecular weight is 284 g/mol. The van der Waals surface area contributed by atoms with Gasteiger partial charge in [-0.2, -0.15) is 10.2 Å². The lowest BCUT2D eigenvalue weighted by Gasteiger charge is -2.03. The predicted octanol–water partition coefficient (Wildman–Crippen LogP) is 2.05. The van der Waals surface area contributed by atoms with E-state index >= 15 is 0 Å². The number of carbonyl (C=O) groups excluding carboxylic acids is 2. The van der Waals surface area contributed by atoms with E-state index in [1.54, 1.807) is 24.3 Å². The third kappa shape index (κ3) is 2.89. The molecule has 0 saturated heterocycles. The summed E-state index contributed by atoms with van der Waals surface area (Å²) >= 11 is 0. The van der Waals surface area contributed by atoms with Crippen molar-refractivity contribution in [3.8, 4) is 11.5 Å². The minimum atomic E-state index is -0.126. The Morgan fingerprint density at radius 3 is 2.48 bits per heavy atom. The highest BCUT2D eigenvalue weighted by Gasteiger charge is 2.17. The second-order valence-electron chi connectivity index (χ2n) is 4.55. The fraction of sp³-hybridized carbons (Fsp3) is 0.200. The Kier molecular flexibility index (Phi) is 3.59. The number of aromatic nitrogens is 2. The first-order valence-electron chi connectivity index (χ1n) is 6.47. The number of rotatable bonds is 5. The summed E-state index contributed by atoms with van der Waals surface area (Å²) in [5, 5.41) is 7.25. The lowest BCUT2D eigenvalue weighted by atomic mass is 10.0. The molecule has 21 heavy (non-hydrogen) atoms. The molecule has 1 aromatic heterocycles. The fourth-order valence-corrected chi connectivity index (χ4v) is 2.04. The topological polar surface area (TPSA) is 78.4 Å². The number of ketones is 2. The van der Waals surface area contributed by atoms with Gasteiger partial charge in [0.2, 0.25) is 6.79 Å². The van der Waals surface area contributed by atoms with E-state index in [1.165, 1.54) is 12.4 Å². The van der Waals surface area contributed by atoms with Crippen molar-refractivity contribution in [1.82, 2.24) is 10.2 Å². The SMILES string of the molecule is O=C(CCC(=O)c1ccc2c(c1)OCO2)c1ccnnc1. The van der Waals surface area contributed by atoms with Gasteiger partial charge in [-0.25, -0.2) is 0 Å². The Labute approximate surface area is 120 Å². The van der Waals surface area contributed by atoms with Gasteiger partial charge in [-0.05, 0) is 24.3 Å². The fourth-order valence-electron chi connectivity index (χ4n) is 2.04. The molecule has 2 aromatic rings. The van der Waals surface area contributed by atoms with Gasteiger partial charge in [0.15, 0.2) is 23.1 Å². The summed E-state index contributed by atoms with van der Waals surface area (Å²) < 4.78 is 10.4. The molecule has 0 aliphatic carbocycles. The van der Waals surface area contributed by atoms with E-state index in [1.807, 2.05) is 0 Å². The molecule has 3 rings (SSSR count). The minimum Gasteiger partial charge on any atom is -0.454 e. The number of carbonyl (C=O) groups is 2. The van der Waals surface area contributed by atoms with Crippen molar-refractivity contribution >= 4 is 11.6 Å². The zero-order chi connectivity index (χ0) is 14.7. The van der Waals surface area contributed by atoms with Crippen molar-refractivity contribution in [2.24, 2.45) is 0 Å². The second-order valence-corrected chi connectivity index (χ2v) is 4.55. The van der Waals surface area contributed by atoms with Crippen molar-refractivity contribution in [3.05, 3.63) is 47.8 Å². The standard InChI is InChI=1S/C15H12N2O4/c18-12(2-3-13(19)11-5-6-16-17-8-11)10-1-4-14-15(7-10)21-9-20-14/h1,4-8H,2-3,9H2. The number of Topliss-reactive ketones (excluding diaryl/α,β-unsaturated/α-hetero) is 2. The second kappa shape index (κ2) is 5.70. The molecule has 0 N–H and O–H groups in total.